The molecule has 1 atom stereocenters. The first-order valence-electron chi connectivity index (χ1n) is 4.53. The molecule has 0 radical (unpaired) electrons. The smallest absolute Gasteiger partial charge is 0.0582 e. The molecule has 15 heavy (non-hydrogen) atoms. The zero-order chi connectivity index (χ0) is 10.7. The van der Waals surface area contributed by atoms with Gasteiger partial charge in [-0.25, -0.2) is 0 Å². The van der Waals surface area contributed by atoms with Crippen molar-refractivity contribution in [3.8, 4) is 0 Å². The molecule has 0 bridgehead atoms. The van der Waals surface area contributed by atoms with Crippen LogP contribution in [0.25, 0.3) is 0 Å². The maximum atomic E-state index is 6.08. The summed E-state index contributed by atoms with van der Waals surface area (Å²) in [6, 6.07) is 5.62. The minimum absolute atomic E-state index is 0.177. The second kappa shape index (κ2) is 4.51. The van der Waals surface area contributed by atoms with Crippen LogP contribution < -0.4 is 5.73 Å². The molecule has 0 saturated carbocycles. The van der Waals surface area contributed by atoms with Gasteiger partial charge in [-0.05, 0) is 39.2 Å². The Morgan fingerprint density at radius 3 is 2.60 bits per heavy atom. The highest BCUT2D eigenvalue weighted by Gasteiger charge is 2.08. The van der Waals surface area contributed by atoms with Gasteiger partial charge in [0.1, 0.15) is 0 Å². The molecule has 4 heteroatoms. The molecule has 2 rings (SSSR count). The molecule has 0 spiro atoms. The average molecular weight is 264 g/mol. The van der Waals surface area contributed by atoms with Crippen LogP contribution in [0.1, 0.15) is 17.2 Å². The van der Waals surface area contributed by atoms with Crippen LogP contribution in [0.15, 0.2) is 47.5 Å². The normalized spacial score (nSPS) is 12.4. The number of nitrogens with two attached hydrogens (primary N) is 1. The van der Waals surface area contributed by atoms with Crippen molar-refractivity contribution >= 4 is 15.9 Å². The lowest BCUT2D eigenvalue weighted by Crippen LogP contribution is -2.12. The summed E-state index contributed by atoms with van der Waals surface area (Å²) in [5.41, 5.74) is 8.04. The third-order valence-corrected chi connectivity index (χ3v) is 2.56. The second-order valence-corrected chi connectivity index (χ2v) is 4.12. The third kappa shape index (κ3) is 2.40. The van der Waals surface area contributed by atoms with Crippen LogP contribution in [0.4, 0.5) is 0 Å². The van der Waals surface area contributed by atoms with E-state index in [2.05, 4.69) is 25.9 Å². The van der Waals surface area contributed by atoms with Crippen LogP contribution in [0, 0.1) is 0 Å². The van der Waals surface area contributed by atoms with E-state index < -0.39 is 0 Å². The number of hydrogen-bond acceptors (Lipinski definition) is 3. The van der Waals surface area contributed by atoms with Crippen molar-refractivity contribution in [1.82, 2.24) is 9.97 Å². The van der Waals surface area contributed by atoms with E-state index >= 15 is 0 Å². The summed E-state index contributed by atoms with van der Waals surface area (Å²) in [6.07, 6.45) is 7.00. The Bertz CT molecular complexity index is 445. The molecular weight excluding hydrogens is 254 g/mol. The summed E-state index contributed by atoms with van der Waals surface area (Å²) < 4.78 is 0.930. The number of hydrogen-bond donors (Lipinski definition) is 1. The molecule has 3 nitrogen and oxygen atoms in total. The van der Waals surface area contributed by atoms with Crippen molar-refractivity contribution in [2.45, 2.75) is 6.04 Å². The highest BCUT2D eigenvalue weighted by atomic mass is 79.9. The SMILES string of the molecule is NC(c1cccnc1)c1cncc(Br)c1. The van der Waals surface area contributed by atoms with Crippen LogP contribution in [0.5, 0.6) is 0 Å². The van der Waals surface area contributed by atoms with E-state index in [4.69, 9.17) is 5.73 Å². The summed E-state index contributed by atoms with van der Waals surface area (Å²) in [4.78, 5) is 8.13. The van der Waals surface area contributed by atoms with E-state index in [1.54, 1.807) is 24.8 Å². The molecule has 2 N–H and O–H groups in total. The van der Waals surface area contributed by atoms with Gasteiger partial charge < -0.3 is 5.73 Å². The maximum absolute atomic E-state index is 6.08. The van der Waals surface area contributed by atoms with Crippen LogP contribution >= 0.6 is 15.9 Å². The lowest BCUT2D eigenvalue weighted by molar-refractivity contribution is 0.854. The lowest BCUT2D eigenvalue weighted by atomic mass is 10.0. The van der Waals surface area contributed by atoms with Gasteiger partial charge in [-0.3, -0.25) is 9.97 Å². The molecule has 0 aliphatic heterocycles. The van der Waals surface area contributed by atoms with Crippen molar-refractivity contribution in [3.63, 3.8) is 0 Å². The van der Waals surface area contributed by atoms with E-state index in [0.29, 0.717) is 0 Å². The molecule has 2 heterocycles. The first-order chi connectivity index (χ1) is 7.27. The molecule has 1 unspecified atom stereocenters. The summed E-state index contributed by atoms with van der Waals surface area (Å²) in [6.45, 7) is 0. The third-order valence-electron chi connectivity index (χ3n) is 2.13. The molecule has 0 aliphatic rings. The minimum Gasteiger partial charge on any atom is -0.320 e. The van der Waals surface area contributed by atoms with Gasteiger partial charge in [0.2, 0.25) is 0 Å². The Morgan fingerprint density at radius 1 is 1.13 bits per heavy atom. The first-order valence-corrected chi connectivity index (χ1v) is 5.32. The second-order valence-electron chi connectivity index (χ2n) is 3.20. The van der Waals surface area contributed by atoms with Crippen LogP contribution in [0.2, 0.25) is 0 Å². The summed E-state index contributed by atoms with van der Waals surface area (Å²) in [5.74, 6) is 0. The number of nitrogens with zero attached hydrogens (tertiary/aromatic N) is 2. The van der Waals surface area contributed by atoms with Gasteiger partial charge in [-0.1, -0.05) is 6.07 Å². The highest BCUT2D eigenvalue weighted by Crippen LogP contribution is 2.20. The molecule has 2 aromatic rings. The van der Waals surface area contributed by atoms with E-state index in [0.717, 1.165) is 15.6 Å². The van der Waals surface area contributed by atoms with E-state index in [9.17, 15) is 0 Å². The Morgan fingerprint density at radius 2 is 1.93 bits per heavy atom. The number of halogens is 1. The van der Waals surface area contributed by atoms with Crippen molar-refractivity contribution < 1.29 is 0 Å². The molecule has 0 saturated heterocycles. The standard InChI is InChI=1S/C11H10BrN3/c12-10-4-9(6-15-7-10)11(13)8-2-1-3-14-5-8/h1-7,11H,13H2. The Balaban J connectivity index is 2.32. The fourth-order valence-corrected chi connectivity index (χ4v) is 1.73. The molecule has 0 fully saturated rings. The Kier molecular flexibility index (Phi) is 3.08. The molecule has 0 aliphatic carbocycles. The first kappa shape index (κ1) is 10.3. The summed E-state index contributed by atoms with van der Waals surface area (Å²) in [7, 11) is 0. The molecule has 0 aromatic carbocycles. The van der Waals surface area contributed by atoms with Gasteiger partial charge in [0.05, 0.1) is 6.04 Å². The number of pyridine rings is 2. The van der Waals surface area contributed by atoms with Crippen molar-refractivity contribution in [2.24, 2.45) is 5.73 Å². The predicted octanol–water partition coefficient (Wildman–Crippen LogP) is 2.29. The van der Waals surface area contributed by atoms with Gasteiger partial charge in [-0.15, -0.1) is 0 Å². The van der Waals surface area contributed by atoms with Gasteiger partial charge in [0.15, 0.2) is 0 Å². The minimum atomic E-state index is -0.177. The summed E-state index contributed by atoms with van der Waals surface area (Å²) >= 11 is 3.37. The van der Waals surface area contributed by atoms with Gasteiger partial charge in [-0.2, -0.15) is 0 Å². The quantitative estimate of drug-likeness (QED) is 0.905. The van der Waals surface area contributed by atoms with E-state index in [1.165, 1.54) is 0 Å². The fourth-order valence-electron chi connectivity index (χ4n) is 1.35. The van der Waals surface area contributed by atoms with Gasteiger partial charge in [0, 0.05) is 29.3 Å². The zero-order valence-corrected chi connectivity index (χ0v) is 9.55. The number of rotatable bonds is 2. The topological polar surface area (TPSA) is 51.8 Å². The van der Waals surface area contributed by atoms with Crippen LogP contribution in [-0.4, -0.2) is 9.97 Å². The lowest BCUT2D eigenvalue weighted by Gasteiger charge is -2.11. The highest BCUT2D eigenvalue weighted by molar-refractivity contribution is 9.10. The number of aromatic nitrogens is 2. The Hall–Kier alpha value is -1.26. The largest absolute Gasteiger partial charge is 0.320 e. The van der Waals surface area contributed by atoms with Crippen molar-refractivity contribution in [3.05, 3.63) is 58.6 Å². The Labute approximate surface area is 96.5 Å². The van der Waals surface area contributed by atoms with Gasteiger partial charge >= 0.3 is 0 Å². The van der Waals surface area contributed by atoms with Gasteiger partial charge in [0.25, 0.3) is 0 Å². The van der Waals surface area contributed by atoms with Crippen LogP contribution in [0.3, 0.4) is 0 Å². The maximum Gasteiger partial charge on any atom is 0.0582 e. The molecule has 0 amide bonds. The monoisotopic (exact) mass is 263 g/mol. The zero-order valence-electron chi connectivity index (χ0n) is 7.97. The molecule has 76 valence electrons. The van der Waals surface area contributed by atoms with Crippen molar-refractivity contribution in [1.29, 1.82) is 0 Å². The van der Waals surface area contributed by atoms with E-state index in [-0.39, 0.29) is 6.04 Å². The molecule has 2 aromatic heterocycles. The fraction of sp³-hybridized carbons (Fsp3) is 0.0909. The van der Waals surface area contributed by atoms with Crippen LogP contribution in [-0.2, 0) is 0 Å². The molecular formula is C11H10BrN3. The van der Waals surface area contributed by atoms with Crippen molar-refractivity contribution in [2.75, 3.05) is 0 Å². The predicted molar refractivity (Wildman–Crippen MR) is 62.2 cm³/mol. The summed E-state index contributed by atoms with van der Waals surface area (Å²) in [5, 5.41) is 0. The van der Waals surface area contributed by atoms with E-state index in [1.807, 2.05) is 18.2 Å². The average Bonchev–Trinajstić information content (AvgIpc) is 2.29.